The highest BCUT2D eigenvalue weighted by atomic mass is 19.1. The molecule has 1 aliphatic rings. The van der Waals surface area contributed by atoms with Crippen molar-refractivity contribution >= 4 is 5.91 Å². The topological polar surface area (TPSA) is 20.3 Å². The molecule has 0 spiro atoms. The number of hydrogen-bond donors (Lipinski definition) is 0. The first-order chi connectivity index (χ1) is 8.38. The fraction of sp³-hybridized carbons (Fsp3) is 0.533. The maximum atomic E-state index is 13.7. The minimum atomic E-state index is -0.665. The third-order valence-electron chi connectivity index (χ3n) is 3.95. The van der Waals surface area contributed by atoms with Crippen LogP contribution in [0.15, 0.2) is 36.3 Å². The molecule has 0 bridgehead atoms. The molecule has 0 saturated heterocycles. The number of amides is 1. The second-order valence-corrected chi connectivity index (χ2v) is 4.90. The van der Waals surface area contributed by atoms with Crippen molar-refractivity contribution in [2.24, 2.45) is 11.3 Å². The zero-order valence-electron chi connectivity index (χ0n) is 11.7. The van der Waals surface area contributed by atoms with Crippen molar-refractivity contribution in [1.29, 1.82) is 0 Å². The lowest BCUT2D eigenvalue weighted by Crippen LogP contribution is -2.40. The van der Waals surface area contributed by atoms with E-state index >= 15 is 0 Å². The first-order valence-corrected chi connectivity index (χ1v) is 6.42. The first kappa shape index (κ1) is 14.7. The van der Waals surface area contributed by atoms with Crippen LogP contribution in [-0.2, 0) is 4.79 Å². The maximum Gasteiger partial charge on any atom is 0.238 e. The largest absolute Gasteiger partial charge is 0.309 e. The summed E-state index contributed by atoms with van der Waals surface area (Å²) in [5.74, 6) is -0.504. The van der Waals surface area contributed by atoms with Gasteiger partial charge >= 0.3 is 0 Å². The van der Waals surface area contributed by atoms with Crippen LogP contribution in [0, 0.1) is 11.3 Å². The summed E-state index contributed by atoms with van der Waals surface area (Å²) < 4.78 is 13.7. The van der Waals surface area contributed by atoms with Gasteiger partial charge in [-0.1, -0.05) is 40.0 Å². The Morgan fingerprint density at radius 1 is 1.50 bits per heavy atom. The number of halogens is 1. The molecule has 0 radical (unpaired) electrons. The number of carbonyl (C=O) groups is 1. The molecule has 1 amide bonds. The van der Waals surface area contributed by atoms with Crippen LogP contribution in [0.2, 0.25) is 0 Å². The zero-order valence-corrected chi connectivity index (χ0v) is 11.7. The highest BCUT2D eigenvalue weighted by Crippen LogP contribution is 2.50. The summed E-state index contributed by atoms with van der Waals surface area (Å²) in [6.07, 6.45) is 2.25. The average molecular weight is 251 g/mol. The number of hydrogen-bond acceptors (Lipinski definition) is 1. The predicted molar refractivity (Wildman–Crippen MR) is 72.4 cm³/mol. The predicted octanol–water partition coefficient (Wildman–Crippen LogP) is 3.82. The second kappa shape index (κ2) is 5.09. The molecule has 0 aliphatic carbocycles. The Hall–Kier alpha value is -1.38. The van der Waals surface area contributed by atoms with Crippen molar-refractivity contribution in [3.8, 4) is 0 Å². The van der Waals surface area contributed by atoms with E-state index in [9.17, 15) is 9.18 Å². The molecular formula is C15H22FNO. The molecule has 2 nitrogen and oxygen atoms in total. The van der Waals surface area contributed by atoms with E-state index in [1.807, 2.05) is 27.7 Å². The van der Waals surface area contributed by atoms with E-state index in [0.29, 0.717) is 24.2 Å². The molecule has 0 aromatic heterocycles. The summed E-state index contributed by atoms with van der Waals surface area (Å²) >= 11 is 0. The Morgan fingerprint density at radius 3 is 2.33 bits per heavy atom. The Morgan fingerprint density at radius 2 is 2.06 bits per heavy atom. The lowest BCUT2D eigenvalue weighted by atomic mass is 9.69. The van der Waals surface area contributed by atoms with Crippen LogP contribution in [0.1, 0.15) is 34.1 Å². The molecule has 0 aromatic rings. The van der Waals surface area contributed by atoms with Crippen LogP contribution in [0.4, 0.5) is 4.39 Å². The smallest absolute Gasteiger partial charge is 0.238 e. The lowest BCUT2D eigenvalue weighted by molar-refractivity contribution is -0.137. The normalized spacial score (nSPS) is 24.1. The molecule has 18 heavy (non-hydrogen) atoms. The van der Waals surface area contributed by atoms with Crippen LogP contribution in [0.5, 0.6) is 0 Å². The fourth-order valence-electron chi connectivity index (χ4n) is 3.00. The van der Waals surface area contributed by atoms with Gasteiger partial charge in [0.25, 0.3) is 0 Å². The summed E-state index contributed by atoms with van der Waals surface area (Å²) in [7, 11) is 0. The van der Waals surface area contributed by atoms with Crippen molar-refractivity contribution in [3.05, 3.63) is 36.3 Å². The molecule has 1 atom stereocenters. The standard InChI is InChI=1S/C15H22FNO/c1-7-12-13(11(6)16)17(9-3)14(18)15(12,8-2)10(4)5/h7,10H,1,6,8-9H2,2-5H3. The minimum Gasteiger partial charge on any atom is -0.309 e. The van der Waals surface area contributed by atoms with Gasteiger partial charge in [0.2, 0.25) is 5.91 Å². The molecular weight excluding hydrogens is 229 g/mol. The van der Waals surface area contributed by atoms with Gasteiger partial charge in [0.15, 0.2) is 0 Å². The number of likely N-dealkylation sites (N-methyl/N-ethyl adjacent to an activating group) is 1. The van der Waals surface area contributed by atoms with Crippen molar-refractivity contribution < 1.29 is 9.18 Å². The van der Waals surface area contributed by atoms with E-state index in [1.54, 1.807) is 6.08 Å². The zero-order chi connectivity index (χ0) is 14.1. The highest BCUT2D eigenvalue weighted by Gasteiger charge is 2.52. The minimum absolute atomic E-state index is 0.0359. The molecule has 0 N–H and O–H groups in total. The SMILES string of the molecule is C=CC1=C(C(=C)F)N(CC)C(=O)C1(CC)C(C)C. The van der Waals surface area contributed by atoms with Gasteiger partial charge in [0, 0.05) is 6.54 Å². The Bertz CT molecular complexity index is 422. The van der Waals surface area contributed by atoms with Crippen LogP contribution in [0.25, 0.3) is 0 Å². The van der Waals surface area contributed by atoms with Crippen molar-refractivity contribution in [3.63, 3.8) is 0 Å². The van der Waals surface area contributed by atoms with Gasteiger partial charge in [0.05, 0.1) is 11.1 Å². The molecule has 1 rings (SSSR count). The van der Waals surface area contributed by atoms with Crippen molar-refractivity contribution in [2.75, 3.05) is 6.54 Å². The number of carbonyl (C=O) groups excluding carboxylic acids is 1. The number of rotatable bonds is 5. The van der Waals surface area contributed by atoms with E-state index in [1.165, 1.54) is 4.90 Å². The molecule has 1 aliphatic heterocycles. The van der Waals surface area contributed by atoms with E-state index in [-0.39, 0.29) is 11.8 Å². The van der Waals surface area contributed by atoms with E-state index in [4.69, 9.17) is 0 Å². The third kappa shape index (κ3) is 1.73. The van der Waals surface area contributed by atoms with Gasteiger partial charge in [0.1, 0.15) is 5.83 Å². The van der Waals surface area contributed by atoms with Gasteiger partial charge in [-0.15, -0.1) is 0 Å². The van der Waals surface area contributed by atoms with Crippen LogP contribution in [-0.4, -0.2) is 17.4 Å². The van der Waals surface area contributed by atoms with Crippen LogP contribution in [0.3, 0.4) is 0 Å². The maximum absolute atomic E-state index is 13.7. The average Bonchev–Trinajstić information content (AvgIpc) is 2.57. The Kier molecular flexibility index (Phi) is 4.15. The first-order valence-electron chi connectivity index (χ1n) is 6.42. The summed E-state index contributed by atoms with van der Waals surface area (Å²) in [6.45, 7) is 15.3. The molecule has 0 fully saturated rings. The van der Waals surface area contributed by atoms with Crippen LogP contribution >= 0.6 is 0 Å². The molecule has 3 heteroatoms. The van der Waals surface area contributed by atoms with E-state index < -0.39 is 11.2 Å². The van der Waals surface area contributed by atoms with Gasteiger partial charge in [-0.2, -0.15) is 0 Å². The van der Waals surface area contributed by atoms with Gasteiger partial charge in [-0.25, -0.2) is 4.39 Å². The summed E-state index contributed by atoms with van der Waals surface area (Å²) in [5.41, 5.74) is 0.328. The molecule has 100 valence electrons. The quantitative estimate of drug-likeness (QED) is 0.727. The monoisotopic (exact) mass is 251 g/mol. The van der Waals surface area contributed by atoms with Crippen molar-refractivity contribution in [1.82, 2.24) is 4.90 Å². The number of nitrogens with zero attached hydrogens (tertiary/aromatic N) is 1. The second-order valence-electron chi connectivity index (χ2n) is 4.90. The van der Waals surface area contributed by atoms with Gasteiger partial charge < -0.3 is 4.90 Å². The fourth-order valence-corrected chi connectivity index (χ4v) is 3.00. The Balaban J connectivity index is 3.59. The lowest BCUT2D eigenvalue weighted by Gasteiger charge is -2.32. The van der Waals surface area contributed by atoms with Gasteiger partial charge in [-0.3, -0.25) is 4.79 Å². The molecule has 1 heterocycles. The number of allylic oxidation sites excluding steroid dienone is 2. The molecule has 0 saturated carbocycles. The molecule has 1 unspecified atom stereocenters. The summed E-state index contributed by atoms with van der Waals surface area (Å²) in [5, 5.41) is 0. The van der Waals surface area contributed by atoms with Gasteiger partial charge in [-0.05, 0) is 24.8 Å². The molecule has 0 aromatic carbocycles. The van der Waals surface area contributed by atoms with E-state index in [0.717, 1.165) is 0 Å². The Labute approximate surface area is 109 Å². The summed E-state index contributed by atoms with van der Waals surface area (Å²) in [6, 6.07) is 0. The van der Waals surface area contributed by atoms with E-state index in [2.05, 4.69) is 13.2 Å². The highest BCUT2D eigenvalue weighted by molar-refractivity contribution is 5.93. The van der Waals surface area contributed by atoms with Crippen molar-refractivity contribution in [2.45, 2.75) is 34.1 Å². The van der Waals surface area contributed by atoms with Crippen LogP contribution < -0.4 is 0 Å². The third-order valence-corrected chi connectivity index (χ3v) is 3.95. The summed E-state index contributed by atoms with van der Waals surface area (Å²) in [4.78, 5) is 14.1.